The highest BCUT2D eigenvalue weighted by molar-refractivity contribution is 5.94. The largest absolute Gasteiger partial charge is 0.340 e. The predicted molar refractivity (Wildman–Crippen MR) is 84.4 cm³/mol. The molecule has 0 radical (unpaired) electrons. The molecule has 0 aliphatic carbocycles. The van der Waals surface area contributed by atoms with Crippen LogP contribution in [-0.2, 0) is 4.79 Å². The Balaban J connectivity index is 0.00000242. The SMILES string of the molecule is C[C@@H](N)C(=O)N1CCCN(C(=O)c2ccc(F)cc2)CC1.Cl. The molecule has 0 unspecified atom stereocenters. The number of amides is 2. The van der Waals surface area contributed by atoms with Gasteiger partial charge in [-0.05, 0) is 37.6 Å². The molecule has 5 nitrogen and oxygen atoms in total. The molecule has 0 saturated carbocycles. The second kappa shape index (κ2) is 8.10. The Hall–Kier alpha value is -1.66. The lowest BCUT2D eigenvalue weighted by atomic mass is 10.2. The molecule has 1 aromatic carbocycles. The van der Waals surface area contributed by atoms with Crippen molar-refractivity contribution in [2.24, 2.45) is 5.73 Å². The van der Waals surface area contributed by atoms with Gasteiger partial charge in [0.2, 0.25) is 5.91 Å². The number of carbonyl (C=O) groups is 2. The summed E-state index contributed by atoms with van der Waals surface area (Å²) in [5.74, 6) is -0.590. The summed E-state index contributed by atoms with van der Waals surface area (Å²) in [4.78, 5) is 27.6. The Morgan fingerprint density at radius 1 is 1.09 bits per heavy atom. The zero-order valence-corrected chi connectivity index (χ0v) is 13.3. The van der Waals surface area contributed by atoms with Gasteiger partial charge in [-0.1, -0.05) is 0 Å². The summed E-state index contributed by atoms with van der Waals surface area (Å²) in [6.07, 6.45) is 0.714. The number of halogens is 2. The molecular formula is C15H21ClFN3O2. The number of nitrogens with two attached hydrogens (primary N) is 1. The van der Waals surface area contributed by atoms with E-state index in [0.29, 0.717) is 38.2 Å². The van der Waals surface area contributed by atoms with Crippen LogP contribution in [0.4, 0.5) is 4.39 Å². The van der Waals surface area contributed by atoms with Gasteiger partial charge in [0.15, 0.2) is 0 Å². The summed E-state index contributed by atoms with van der Waals surface area (Å²) < 4.78 is 12.9. The molecule has 2 amide bonds. The van der Waals surface area contributed by atoms with Crippen molar-refractivity contribution < 1.29 is 14.0 Å². The molecule has 2 rings (SSSR count). The van der Waals surface area contributed by atoms with Crippen molar-refractivity contribution in [1.29, 1.82) is 0 Å². The Morgan fingerprint density at radius 3 is 2.23 bits per heavy atom. The van der Waals surface area contributed by atoms with E-state index < -0.39 is 6.04 Å². The molecule has 1 fully saturated rings. The molecule has 0 aromatic heterocycles. The van der Waals surface area contributed by atoms with Crippen molar-refractivity contribution in [1.82, 2.24) is 9.80 Å². The van der Waals surface area contributed by atoms with Crippen molar-refractivity contribution in [2.45, 2.75) is 19.4 Å². The van der Waals surface area contributed by atoms with Gasteiger partial charge in [-0.15, -0.1) is 12.4 Å². The van der Waals surface area contributed by atoms with Crippen molar-refractivity contribution >= 4 is 24.2 Å². The minimum absolute atomic E-state index is 0. The van der Waals surface area contributed by atoms with E-state index in [-0.39, 0.29) is 30.0 Å². The smallest absolute Gasteiger partial charge is 0.253 e. The van der Waals surface area contributed by atoms with E-state index in [1.54, 1.807) is 16.7 Å². The molecule has 1 heterocycles. The Morgan fingerprint density at radius 2 is 1.64 bits per heavy atom. The molecular weight excluding hydrogens is 309 g/mol. The Bertz CT molecular complexity index is 522. The van der Waals surface area contributed by atoms with Gasteiger partial charge in [0.25, 0.3) is 5.91 Å². The number of hydrogen-bond acceptors (Lipinski definition) is 3. The molecule has 22 heavy (non-hydrogen) atoms. The Kier molecular flexibility index (Phi) is 6.77. The van der Waals surface area contributed by atoms with Crippen LogP contribution in [-0.4, -0.2) is 53.8 Å². The van der Waals surface area contributed by atoms with E-state index in [1.807, 2.05) is 0 Å². The first-order valence-corrected chi connectivity index (χ1v) is 7.08. The average Bonchev–Trinajstić information content (AvgIpc) is 2.72. The molecule has 2 N–H and O–H groups in total. The predicted octanol–water partition coefficient (Wildman–Crippen LogP) is 1.27. The van der Waals surface area contributed by atoms with Crippen LogP contribution in [0.25, 0.3) is 0 Å². The number of rotatable bonds is 2. The van der Waals surface area contributed by atoms with Crippen LogP contribution in [0.15, 0.2) is 24.3 Å². The summed E-state index contributed by atoms with van der Waals surface area (Å²) in [5.41, 5.74) is 6.07. The van der Waals surface area contributed by atoms with E-state index in [9.17, 15) is 14.0 Å². The van der Waals surface area contributed by atoms with Gasteiger partial charge in [0, 0.05) is 31.7 Å². The zero-order chi connectivity index (χ0) is 15.4. The fraction of sp³-hybridized carbons (Fsp3) is 0.467. The van der Waals surface area contributed by atoms with Crippen LogP contribution >= 0.6 is 12.4 Å². The van der Waals surface area contributed by atoms with Crippen molar-refractivity contribution in [3.8, 4) is 0 Å². The van der Waals surface area contributed by atoms with Crippen molar-refractivity contribution in [2.75, 3.05) is 26.2 Å². The minimum Gasteiger partial charge on any atom is -0.340 e. The van der Waals surface area contributed by atoms with Gasteiger partial charge < -0.3 is 15.5 Å². The van der Waals surface area contributed by atoms with Crippen LogP contribution in [0, 0.1) is 5.82 Å². The average molecular weight is 330 g/mol. The summed E-state index contributed by atoms with van der Waals surface area (Å²) >= 11 is 0. The van der Waals surface area contributed by atoms with Gasteiger partial charge in [-0.2, -0.15) is 0 Å². The maximum atomic E-state index is 12.9. The van der Waals surface area contributed by atoms with Crippen LogP contribution in [0.1, 0.15) is 23.7 Å². The first-order chi connectivity index (χ1) is 9.99. The molecule has 1 atom stereocenters. The third kappa shape index (κ3) is 4.42. The lowest BCUT2D eigenvalue weighted by Gasteiger charge is -2.23. The maximum absolute atomic E-state index is 12.9. The maximum Gasteiger partial charge on any atom is 0.253 e. The van der Waals surface area contributed by atoms with Crippen LogP contribution < -0.4 is 5.73 Å². The summed E-state index contributed by atoms with van der Waals surface area (Å²) in [6, 6.07) is 4.99. The van der Waals surface area contributed by atoms with Crippen LogP contribution in [0.3, 0.4) is 0 Å². The lowest BCUT2D eigenvalue weighted by Crippen LogP contribution is -2.44. The quantitative estimate of drug-likeness (QED) is 0.888. The van der Waals surface area contributed by atoms with E-state index in [4.69, 9.17) is 5.73 Å². The zero-order valence-electron chi connectivity index (χ0n) is 12.5. The molecule has 0 spiro atoms. The van der Waals surface area contributed by atoms with Gasteiger partial charge >= 0.3 is 0 Å². The first kappa shape index (κ1) is 18.4. The molecule has 1 aliphatic rings. The monoisotopic (exact) mass is 329 g/mol. The highest BCUT2D eigenvalue weighted by atomic mass is 35.5. The van der Waals surface area contributed by atoms with Gasteiger partial charge in [0.05, 0.1) is 6.04 Å². The Labute approximate surface area is 135 Å². The fourth-order valence-corrected chi connectivity index (χ4v) is 2.40. The highest BCUT2D eigenvalue weighted by Gasteiger charge is 2.24. The number of benzene rings is 1. The fourth-order valence-electron chi connectivity index (χ4n) is 2.40. The van der Waals surface area contributed by atoms with Gasteiger partial charge in [-0.3, -0.25) is 9.59 Å². The highest BCUT2D eigenvalue weighted by Crippen LogP contribution is 2.11. The molecule has 7 heteroatoms. The second-order valence-corrected chi connectivity index (χ2v) is 5.27. The summed E-state index contributed by atoms with van der Waals surface area (Å²) in [7, 11) is 0. The van der Waals surface area contributed by atoms with Crippen LogP contribution in [0.2, 0.25) is 0 Å². The van der Waals surface area contributed by atoms with E-state index in [0.717, 1.165) is 0 Å². The van der Waals surface area contributed by atoms with E-state index >= 15 is 0 Å². The second-order valence-electron chi connectivity index (χ2n) is 5.27. The lowest BCUT2D eigenvalue weighted by molar-refractivity contribution is -0.132. The van der Waals surface area contributed by atoms with Gasteiger partial charge in [-0.25, -0.2) is 4.39 Å². The normalized spacial score (nSPS) is 16.5. The minimum atomic E-state index is -0.524. The van der Waals surface area contributed by atoms with E-state index in [2.05, 4.69) is 0 Å². The molecule has 122 valence electrons. The van der Waals surface area contributed by atoms with Crippen molar-refractivity contribution in [3.63, 3.8) is 0 Å². The van der Waals surface area contributed by atoms with Crippen LogP contribution in [0.5, 0.6) is 0 Å². The summed E-state index contributed by atoms with van der Waals surface area (Å²) in [5, 5.41) is 0. The number of hydrogen-bond donors (Lipinski definition) is 1. The topological polar surface area (TPSA) is 66.6 Å². The third-order valence-corrected chi connectivity index (χ3v) is 3.58. The summed E-state index contributed by atoms with van der Waals surface area (Å²) in [6.45, 7) is 3.79. The molecule has 1 saturated heterocycles. The number of nitrogens with zero attached hydrogens (tertiary/aromatic N) is 2. The molecule has 0 bridgehead atoms. The van der Waals surface area contributed by atoms with E-state index in [1.165, 1.54) is 24.3 Å². The van der Waals surface area contributed by atoms with Gasteiger partial charge in [0.1, 0.15) is 5.82 Å². The molecule has 1 aromatic rings. The number of carbonyl (C=O) groups excluding carboxylic acids is 2. The standard InChI is InChI=1S/C15H20FN3O2.ClH/c1-11(17)14(20)18-7-2-8-19(10-9-18)15(21)12-3-5-13(16)6-4-12;/h3-6,11H,2,7-10,17H2,1H3;1H/t11-;/m1./s1. The third-order valence-electron chi connectivity index (χ3n) is 3.58. The molecule has 1 aliphatic heterocycles. The van der Waals surface area contributed by atoms with Crippen molar-refractivity contribution in [3.05, 3.63) is 35.6 Å². The first-order valence-electron chi connectivity index (χ1n) is 7.08.